The third-order valence-corrected chi connectivity index (χ3v) is 3.36. The number of amides is 1. The van der Waals surface area contributed by atoms with E-state index < -0.39 is 5.97 Å². The van der Waals surface area contributed by atoms with E-state index in [1.165, 1.54) is 11.3 Å². The molecule has 1 heterocycles. The van der Waals surface area contributed by atoms with Crippen LogP contribution in [0, 0.1) is 6.92 Å². The van der Waals surface area contributed by atoms with Crippen molar-refractivity contribution in [3.05, 3.63) is 40.9 Å². The minimum Gasteiger partial charge on any atom is -0.484 e. The smallest absolute Gasteiger partial charge is 0.307 e. The second-order valence-electron chi connectivity index (χ2n) is 4.35. The quantitative estimate of drug-likeness (QED) is 0.853. The Bertz CT molecular complexity index is 654. The van der Waals surface area contributed by atoms with Gasteiger partial charge in [0.05, 0.1) is 12.1 Å². The summed E-state index contributed by atoms with van der Waals surface area (Å²) in [5.41, 5.74) is 1.47. The average molecular weight is 306 g/mol. The number of aryl methyl sites for hydroxylation is 1. The molecule has 7 heteroatoms. The highest BCUT2D eigenvalue weighted by Crippen LogP contribution is 2.16. The van der Waals surface area contributed by atoms with Gasteiger partial charge in [0.25, 0.3) is 5.91 Å². The van der Waals surface area contributed by atoms with Crippen LogP contribution in [-0.2, 0) is 16.0 Å². The van der Waals surface area contributed by atoms with Crippen LogP contribution in [0.5, 0.6) is 5.75 Å². The zero-order valence-electron chi connectivity index (χ0n) is 11.3. The van der Waals surface area contributed by atoms with Gasteiger partial charge in [0.1, 0.15) is 5.75 Å². The highest BCUT2D eigenvalue weighted by atomic mass is 32.1. The summed E-state index contributed by atoms with van der Waals surface area (Å²) in [6.45, 7) is 1.69. The number of carboxylic acids is 1. The molecule has 0 aliphatic rings. The number of aromatic nitrogens is 1. The molecule has 0 saturated carbocycles. The van der Waals surface area contributed by atoms with Crippen LogP contribution in [0.1, 0.15) is 11.3 Å². The van der Waals surface area contributed by atoms with Crippen molar-refractivity contribution in [2.75, 3.05) is 11.9 Å². The fourth-order valence-corrected chi connectivity index (χ4v) is 2.34. The van der Waals surface area contributed by atoms with Gasteiger partial charge in [-0.15, -0.1) is 11.3 Å². The molecule has 0 spiro atoms. The lowest BCUT2D eigenvalue weighted by molar-refractivity contribution is -0.136. The van der Waals surface area contributed by atoms with E-state index in [1.54, 1.807) is 24.3 Å². The Morgan fingerprint density at radius 2 is 2.24 bits per heavy atom. The molecular formula is C14H14N2O4S. The van der Waals surface area contributed by atoms with Crippen LogP contribution >= 0.6 is 11.3 Å². The Labute approximate surface area is 125 Å². The Morgan fingerprint density at radius 1 is 1.43 bits per heavy atom. The molecule has 1 aromatic carbocycles. The molecule has 0 bridgehead atoms. The van der Waals surface area contributed by atoms with Crippen LogP contribution in [0.15, 0.2) is 29.6 Å². The number of rotatable bonds is 6. The first-order valence-electron chi connectivity index (χ1n) is 6.18. The SMILES string of the molecule is Cc1csc(NC(=O)COc2cccc(CC(=O)O)c2)n1. The highest BCUT2D eigenvalue weighted by Gasteiger charge is 2.07. The molecular weight excluding hydrogens is 292 g/mol. The molecule has 2 N–H and O–H groups in total. The summed E-state index contributed by atoms with van der Waals surface area (Å²) in [5.74, 6) is -0.767. The molecule has 0 aliphatic heterocycles. The van der Waals surface area contributed by atoms with Crippen LogP contribution in [-0.4, -0.2) is 28.6 Å². The number of hydrogen-bond donors (Lipinski definition) is 2. The van der Waals surface area contributed by atoms with E-state index >= 15 is 0 Å². The van der Waals surface area contributed by atoms with Crippen LogP contribution in [0.4, 0.5) is 5.13 Å². The molecule has 6 nitrogen and oxygen atoms in total. The molecule has 110 valence electrons. The second kappa shape index (κ2) is 6.85. The van der Waals surface area contributed by atoms with Gasteiger partial charge in [0.15, 0.2) is 11.7 Å². The Morgan fingerprint density at radius 3 is 2.90 bits per heavy atom. The second-order valence-corrected chi connectivity index (χ2v) is 5.21. The van der Waals surface area contributed by atoms with E-state index in [2.05, 4.69) is 10.3 Å². The molecule has 2 aromatic rings. The van der Waals surface area contributed by atoms with Gasteiger partial charge in [-0.2, -0.15) is 0 Å². The lowest BCUT2D eigenvalue weighted by atomic mass is 10.1. The molecule has 0 unspecified atom stereocenters. The first kappa shape index (κ1) is 15.0. The van der Waals surface area contributed by atoms with Gasteiger partial charge in [0, 0.05) is 5.38 Å². The van der Waals surface area contributed by atoms with Crippen molar-refractivity contribution in [2.45, 2.75) is 13.3 Å². The predicted octanol–water partition coefficient (Wildman–Crippen LogP) is 2.10. The number of nitrogens with zero attached hydrogens (tertiary/aromatic N) is 1. The van der Waals surface area contributed by atoms with Crippen molar-refractivity contribution in [2.24, 2.45) is 0 Å². The first-order chi connectivity index (χ1) is 10.0. The molecule has 0 saturated heterocycles. The van der Waals surface area contributed by atoms with E-state index in [1.807, 2.05) is 12.3 Å². The Balaban J connectivity index is 1.87. The number of carboxylic acid groups (broad SMARTS) is 1. The van der Waals surface area contributed by atoms with Gasteiger partial charge in [-0.1, -0.05) is 12.1 Å². The molecule has 2 rings (SSSR count). The number of anilines is 1. The molecule has 0 radical (unpaired) electrons. The Hall–Kier alpha value is -2.41. The van der Waals surface area contributed by atoms with E-state index in [-0.39, 0.29) is 18.9 Å². The summed E-state index contributed by atoms with van der Waals surface area (Å²) in [4.78, 5) is 26.5. The largest absolute Gasteiger partial charge is 0.484 e. The first-order valence-corrected chi connectivity index (χ1v) is 7.06. The van der Waals surface area contributed by atoms with Crippen molar-refractivity contribution in [3.8, 4) is 5.75 Å². The number of aliphatic carboxylic acids is 1. The summed E-state index contributed by atoms with van der Waals surface area (Å²) >= 11 is 1.34. The van der Waals surface area contributed by atoms with Gasteiger partial charge in [-0.3, -0.25) is 14.9 Å². The molecule has 0 atom stereocenters. The van der Waals surface area contributed by atoms with Crippen molar-refractivity contribution in [1.82, 2.24) is 4.98 Å². The lowest BCUT2D eigenvalue weighted by Crippen LogP contribution is -2.20. The lowest BCUT2D eigenvalue weighted by Gasteiger charge is -2.07. The summed E-state index contributed by atoms with van der Waals surface area (Å²) in [7, 11) is 0. The van der Waals surface area contributed by atoms with Gasteiger partial charge in [0.2, 0.25) is 0 Å². The third-order valence-electron chi connectivity index (χ3n) is 2.49. The van der Waals surface area contributed by atoms with E-state index in [9.17, 15) is 9.59 Å². The maximum atomic E-state index is 11.7. The topological polar surface area (TPSA) is 88.5 Å². The van der Waals surface area contributed by atoms with Gasteiger partial charge < -0.3 is 9.84 Å². The van der Waals surface area contributed by atoms with Crippen molar-refractivity contribution in [3.63, 3.8) is 0 Å². The standard InChI is InChI=1S/C14H14N2O4S/c1-9-8-21-14(15-9)16-12(17)7-20-11-4-2-3-10(5-11)6-13(18)19/h2-5,8H,6-7H2,1H3,(H,18,19)(H,15,16,17). The number of carbonyl (C=O) groups is 2. The summed E-state index contributed by atoms with van der Waals surface area (Å²) in [5, 5.41) is 13.7. The molecule has 1 amide bonds. The summed E-state index contributed by atoms with van der Waals surface area (Å²) in [6, 6.07) is 6.66. The van der Waals surface area contributed by atoms with Gasteiger partial charge >= 0.3 is 5.97 Å². The minimum atomic E-state index is -0.913. The zero-order chi connectivity index (χ0) is 15.2. The fraction of sp³-hybridized carbons (Fsp3) is 0.214. The Kier molecular flexibility index (Phi) is 4.89. The van der Waals surface area contributed by atoms with E-state index in [4.69, 9.17) is 9.84 Å². The van der Waals surface area contributed by atoms with Crippen molar-refractivity contribution in [1.29, 1.82) is 0 Å². The van der Waals surface area contributed by atoms with Crippen molar-refractivity contribution >= 4 is 28.3 Å². The number of ether oxygens (including phenoxy) is 1. The number of hydrogen-bond acceptors (Lipinski definition) is 5. The van der Waals surface area contributed by atoms with Crippen molar-refractivity contribution < 1.29 is 19.4 Å². The van der Waals surface area contributed by atoms with Crippen LogP contribution in [0.3, 0.4) is 0 Å². The van der Waals surface area contributed by atoms with Crippen LogP contribution in [0.2, 0.25) is 0 Å². The number of carbonyl (C=O) groups excluding carboxylic acids is 1. The fourth-order valence-electron chi connectivity index (χ4n) is 1.64. The van der Waals surface area contributed by atoms with Crippen LogP contribution < -0.4 is 10.1 Å². The third kappa shape index (κ3) is 4.88. The minimum absolute atomic E-state index is 0.0816. The predicted molar refractivity (Wildman–Crippen MR) is 78.8 cm³/mol. The molecule has 1 aromatic heterocycles. The normalized spacial score (nSPS) is 10.1. The molecule has 0 fully saturated rings. The molecule has 21 heavy (non-hydrogen) atoms. The molecule has 0 aliphatic carbocycles. The number of nitrogens with one attached hydrogen (secondary N) is 1. The highest BCUT2D eigenvalue weighted by molar-refractivity contribution is 7.13. The zero-order valence-corrected chi connectivity index (χ0v) is 12.1. The van der Waals surface area contributed by atoms with Gasteiger partial charge in [-0.05, 0) is 24.6 Å². The van der Waals surface area contributed by atoms with Gasteiger partial charge in [-0.25, -0.2) is 4.98 Å². The van der Waals surface area contributed by atoms with E-state index in [0.717, 1.165) is 5.69 Å². The average Bonchev–Trinajstić information content (AvgIpc) is 2.81. The summed E-state index contributed by atoms with van der Waals surface area (Å²) < 4.78 is 5.34. The van der Waals surface area contributed by atoms with Crippen LogP contribution in [0.25, 0.3) is 0 Å². The maximum absolute atomic E-state index is 11.7. The van der Waals surface area contributed by atoms with E-state index in [0.29, 0.717) is 16.4 Å². The summed E-state index contributed by atoms with van der Waals surface area (Å²) in [6.07, 6.45) is -0.0816. The number of thiazole rings is 1. The number of benzene rings is 1. The maximum Gasteiger partial charge on any atom is 0.307 e. The monoisotopic (exact) mass is 306 g/mol.